The summed E-state index contributed by atoms with van der Waals surface area (Å²) in [5.74, 6) is -2.87. The fourth-order valence-corrected chi connectivity index (χ4v) is 8.21. The number of aliphatic carboxylic acids is 2. The molecule has 0 aromatic heterocycles. The maximum absolute atomic E-state index is 14.2. The van der Waals surface area contributed by atoms with Gasteiger partial charge in [0.2, 0.25) is 11.8 Å². The molecule has 0 radical (unpaired) electrons. The molecule has 2 aromatic carbocycles. The van der Waals surface area contributed by atoms with Gasteiger partial charge in [0.25, 0.3) is 0 Å². The maximum Gasteiger partial charge on any atom is 0.326 e. The van der Waals surface area contributed by atoms with Crippen molar-refractivity contribution in [2.45, 2.75) is 89.4 Å². The largest absolute Gasteiger partial charge is 0.480 e. The Hall–Kier alpha value is -4.26. The Labute approximate surface area is 288 Å². The molecule has 1 fully saturated rings. The molecule has 2 amide bonds. The molecule has 1 heterocycles. The van der Waals surface area contributed by atoms with Crippen molar-refractivity contribution in [2.75, 3.05) is 13.1 Å². The number of amides is 2. The zero-order valence-corrected chi connectivity index (χ0v) is 29.4. The van der Waals surface area contributed by atoms with Crippen LogP contribution in [-0.4, -0.2) is 82.1 Å². The first-order chi connectivity index (χ1) is 23.1. The summed E-state index contributed by atoms with van der Waals surface area (Å²) in [6, 6.07) is 15.7. The van der Waals surface area contributed by atoms with Crippen LogP contribution in [0.1, 0.15) is 64.0 Å². The average molecular weight is 702 g/mol. The van der Waals surface area contributed by atoms with Crippen molar-refractivity contribution in [3.8, 4) is 0 Å². The number of nitrogens with two attached hydrogens (primary N) is 2. The second-order valence-electron chi connectivity index (χ2n) is 12.7. The Balaban J connectivity index is 0.000000591. The first-order valence-corrected chi connectivity index (χ1v) is 18.5. The van der Waals surface area contributed by atoms with E-state index >= 15 is 0 Å². The molecule has 0 unspecified atom stereocenters. The van der Waals surface area contributed by atoms with E-state index in [1.54, 1.807) is 6.92 Å². The van der Waals surface area contributed by atoms with Crippen LogP contribution in [-0.2, 0) is 36.1 Å². The monoisotopic (exact) mass is 701 g/mol. The Morgan fingerprint density at radius 2 is 1.51 bits per heavy atom. The van der Waals surface area contributed by atoms with Crippen molar-refractivity contribution >= 4 is 37.0 Å². The van der Waals surface area contributed by atoms with Gasteiger partial charge in [-0.2, -0.15) is 0 Å². The van der Waals surface area contributed by atoms with E-state index in [0.29, 0.717) is 57.5 Å². The van der Waals surface area contributed by atoms with Gasteiger partial charge in [0, 0.05) is 25.4 Å². The standard InChI is InChI=1S/C28H38N3O5P.C6H14N4O2/c1-20(2)17-24(28(34)35)29-26(32)25-15-10-16-31(25)27(33)21(3)30-37(36,18-22-11-6-4-7-12-22)19-23-13-8-5-9-14-23;7-4(5(11)12)2-1-3-10-6(8)9/h4-9,11-14,20-21,24-25H,10,15-19H2,1-3H3,(H,29,32)(H,30,36)(H,34,35);4H,1-3,7H2,(H,11,12)(H4,8,9,10)/t21-,24-,25-;4-/m00/s1. The van der Waals surface area contributed by atoms with E-state index in [-0.39, 0.29) is 17.8 Å². The van der Waals surface area contributed by atoms with Crippen LogP contribution in [0, 0.1) is 11.3 Å². The summed E-state index contributed by atoms with van der Waals surface area (Å²) in [4.78, 5) is 49.8. The second kappa shape index (κ2) is 20.3. The highest BCUT2D eigenvalue weighted by atomic mass is 31.2. The number of guanidine groups is 1. The third kappa shape index (κ3) is 14.8. The summed E-state index contributed by atoms with van der Waals surface area (Å²) in [7, 11) is -3.08. The lowest BCUT2D eigenvalue weighted by Gasteiger charge is -2.30. The van der Waals surface area contributed by atoms with E-state index in [1.807, 2.05) is 74.5 Å². The Bertz CT molecular complexity index is 1380. The summed E-state index contributed by atoms with van der Waals surface area (Å²) >= 11 is 0. The van der Waals surface area contributed by atoms with E-state index in [9.17, 15) is 28.8 Å². The molecule has 15 heteroatoms. The van der Waals surface area contributed by atoms with Crippen molar-refractivity contribution in [2.24, 2.45) is 17.4 Å². The molecule has 2 aromatic rings. The lowest BCUT2D eigenvalue weighted by molar-refractivity contribution is -0.144. The lowest BCUT2D eigenvalue weighted by atomic mass is 10.0. The first-order valence-electron chi connectivity index (χ1n) is 16.5. The smallest absolute Gasteiger partial charge is 0.326 e. The molecule has 3 rings (SSSR count). The zero-order chi connectivity index (χ0) is 36.6. The minimum Gasteiger partial charge on any atom is -0.480 e. The highest BCUT2D eigenvalue weighted by Gasteiger charge is 2.39. The van der Waals surface area contributed by atoms with Gasteiger partial charge in [-0.1, -0.05) is 74.5 Å². The number of hydrogen-bond acceptors (Lipinski definition) is 7. The fourth-order valence-electron chi connectivity index (χ4n) is 5.49. The van der Waals surface area contributed by atoms with E-state index in [4.69, 9.17) is 22.0 Å². The SMILES string of the molecule is CC(C)C[C@H](NC(=O)[C@@H]1CCCN1C(=O)[C@H](C)NP(=O)(Cc1ccccc1)Cc1ccccc1)C(=O)O.N=C(N)NCCC[C@H](N)C(=O)O. The topological polar surface area (TPSA) is 241 Å². The van der Waals surface area contributed by atoms with Gasteiger partial charge in [-0.3, -0.25) is 24.9 Å². The number of likely N-dealkylation sites (tertiary alicyclic amines) is 1. The average Bonchev–Trinajstić information content (AvgIpc) is 3.53. The van der Waals surface area contributed by atoms with Crippen LogP contribution in [0.2, 0.25) is 0 Å². The van der Waals surface area contributed by atoms with E-state index < -0.39 is 49.3 Å². The lowest BCUT2D eigenvalue weighted by Crippen LogP contribution is -2.54. The van der Waals surface area contributed by atoms with Crippen molar-refractivity contribution in [3.63, 3.8) is 0 Å². The van der Waals surface area contributed by atoms with Gasteiger partial charge in [0.1, 0.15) is 18.1 Å². The molecule has 1 saturated heterocycles. The Morgan fingerprint density at radius 1 is 0.959 bits per heavy atom. The number of nitrogens with zero attached hydrogens (tertiary/aromatic N) is 1. The molecule has 49 heavy (non-hydrogen) atoms. The number of carbonyl (C=O) groups excluding carboxylic acids is 2. The highest BCUT2D eigenvalue weighted by Crippen LogP contribution is 2.49. The number of rotatable bonds is 17. The quantitative estimate of drug-likeness (QED) is 0.0516. The molecule has 0 saturated carbocycles. The molecule has 1 aliphatic rings. The van der Waals surface area contributed by atoms with Gasteiger partial charge in [-0.25, -0.2) is 4.79 Å². The first kappa shape index (κ1) is 40.9. The third-order valence-corrected chi connectivity index (χ3v) is 10.5. The van der Waals surface area contributed by atoms with E-state index in [2.05, 4.69) is 15.7 Å². The fraction of sp³-hybridized carbons (Fsp3) is 0.500. The molecule has 10 N–H and O–H groups in total. The number of hydrogen-bond donors (Lipinski definition) is 8. The predicted octanol–water partition coefficient (Wildman–Crippen LogP) is 2.91. The summed E-state index contributed by atoms with van der Waals surface area (Å²) in [5, 5.41) is 33.0. The van der Waals surface area contributed by atoms with Crippen molar-refractivity contribution in [1.82, 2.24) is 20.6 Å². The number of carboxylic acids is 2. The highest BCUT2D eigenvalue weighted by molar-refractivity contribution is 7.60. The number of carboxylic acid groups (broad SMARTS) is 2. The summed E-state index contributed by atoms with van der Waals surface area (Å²) < 4.78 is 14.2. The molecule has 270 valence electrons. The predicted molar refractivity (Wildman–Crippen MR) is 189 cm³/mol. The van der Waals surface area contributed by atoms with Gasteiger partial charge in [-0.15, -0.1) is 0 Å². The van der Waals surface area contributed by atoms with Crippen molar-refractivity contribution in [1.29, 1.82) is 5.41 Å². The third-order valence-electron chi connectivity index (χ3n) is 7.85. The molecule has 14 nitrogen and oxygen atoms in total. The molecule has 0 spiro atoms. The van der Waals surface area contributed by atoms with Gasteiger partial charge in [0.15, 0.2) is 13.3 Å². The zero-order valence-electron chi connectivity index (χ0n) is 28.5. The van der Waals surface area contributed by atoms with Gasteiger partial charge < -0.3 is 41.8 Å². The summed E-state index contributed by atoms with van der Waals surface area (Å²) in [6.45, 7) is 6.34. The Morgan fingerprint density at radius 3 is 1.98 bits per heavy atom. The van der Waals surface area contributed by atoms with Crippen LogP contribution >= 0.6 is 7.29 Å². The van der Waals surface area contributed by atoms with E-state index in [0.717, 1.165) is 11.1 Å². The molecule has 0 bridgehead atoms. The normalized spacial score (nSPS) is 16.1. The van der Waals surface area contributed by atoms with Crippen molar-refractivity contribution < 1.29 is 34.0 Å². The minimum atomic E-state index is -3.08. The van der Waals surface area contributed by atoms with Crippen molar-refractivity contribution in [3.05, 3.63) is 71.8 Å². The van der Waals surface area contributed by atoms with Crippen LogP contribution < -0.4 is 27.2 Å². The molecular formula is C34H52N7O7P. The van der Waals surface area contributed by atoms with Crippen LogP contribution in [0.3, 0.4) is 0 Å². The van der Waals surface area contributed by atoms with Crippen LogP contribution in [0.4, 0.5) is 0 Å². The second-order valence-corrected chi connectivity index (χ2v) is 15.3. The van der Waals surface area contributed by atoms with Gasteiger partial charge >= 0.3 is 11.9 Å². The summed E-state index contributed by atoms with van der Waals surface area (Å²) in [5.41, 5.74) is 12.0. The van der Waals surface area contributed by atoms with Gasteiger partial charge in [0.05, 0.1) is 6.04 Å². The van der Waals surface area contributed by atoms with E-state index in [1.165, 1.54) is 4.90 Å². The molecular weight excluding hydrogens is 649 g/mol. The molecule has 0 aliphatic carbocycles. The number of carbonyl (C=O) groups is 4. The van der Waals surface area contributed by atoms with Crippen LogP contribution in [0.15, 0.2) is 60.7 Å². The summed E-state index contributed by atoms with van der Waals surface area (Å²) in [6.07, 6.45) is 2.97. The molecule has 4 atom stereocenters. The molecule has 1 aliphatic heterocycles. The van der Waals surface area contributed by atoms with Crippen LogP contribution in [0.25, 0.3) is 0 Å². The van der Waals surface area contributed by atoms with Gasteiger partial charge in [-0.05, 0) is 56.1 Å². The Kier molecular flexibility index (Phi) is 16.9. The minimum absolute atomic E-state index is 0.0929. The van der Waals surface area contributed by atoms with Crippen LogP contribution in [0.5, 0.6) is 0 Å². The number of benzene rings is 2. The number of nitrogens with one attached hydrogen (secondary N) is 4. The maximum atomic E-state index is 14.2.